The zero-order valence-electron chi connectivity index (χ0n) is 11.7. The standard InChI is InChI=1S/C15H24N2O/c1-4-14(18)13-7-6-12(10-16-13)17-9-5-8-15(2,3)11-17/h6-7,10,14,18H,4-5,8-9,11H2,1-3H3. The van der Waals surface area contributed by atoms with Gasteiger partial charge in [0, 0.05) is 13.1 Å². The van der Waals surface area contributed by atoms with Crippen LogP contribution in [0.4, 0.5) is 5.69 Å². The summed E-state index contributed by atoms with van der Waals surface area (Å²) in [5.41, 5.74) is 2.34. The third kappa shape index (κ3) is 3.02. The molecule has 1 aliphatic heterocycles. The molecule has 18 heavy (non-hydrogen) atoms. The summed E-state index contributed by atoms with van der Waals surface area (Å²) in [4.78, 5) is 6.78. The van der Waals surface area contributed by atoms with Crippen molar-refractivity contribution < 1.29 is 5.11 Å². The fourth-order valence-electron chi connectivity index (χ4n) is 2.63. The molecule has 3 nitrogen and oxygen atoms in total. The number of aliphatic hydroxyl groups is 1. The number of aliphatic hydroxyl groups excluding tert-OH is 1. The van der Waals surface area contributed by atoms with Crippen LogP contribution in [0.3, 0.4) is 0 Å². The van der Waals surface area contributed by atoms with Crippen molar-refractivity contribution in [1.29, 1.82) is 0 Å². The number of piperidine rings is 1. The second-order valence-corrected chi connectivity index (χ2v) is 6.05. The summed E-state index contributed by atoms with van der Waals surface area (Å²) in [6.45, 7) is 8.81. The highest BCUT2D eigenvalue weighted by Gasteiger charge is 2.26. The lowest BCUT2D eigenvalue weighted by atomic mass is 9.84. The zero-order valence-corrected chi connectivity index (χ0v) is 11.7. The SMILES string of the molecule is CCC(O)c1ccc(N2CCCC(C)(C)C2)cn1. The van der Waals surface area contributed by atoms with Crippen LogP contribution in [0, 0.1) is 5.41 Å². The second kappa shape index (κ2) is 5.27. The number of rotatable bonds is 3. The summed E-state index contributed by atoms with van der Waals surface area (Å²) in [6, 6.07) is 4.04. The molecule has 3 heteroatoms. The minimum atomic E-state index is -0.433. The van der Waals surface area contributed by atoms with Gasteiger partial charge in [0.1, 0.15) is 0 Å². The van der Waals surface area contributed by atoms with E-state index in [0.29, 0.717) is 11.8 Å². The van der Waals surface area contributed by atoms with Crippen molar-refractivity contribution in [1.82, 2.24) is 4.98 Å². The van der Waals surface area contributed by atoms with Crippen LogP contribution < -0.4 is 4.90 Å². The maximum atomic E-state index is 9.74. The zero-order chi connectivity index (χ0) is 13.2. The predicted molar refractivity (Wildman–Crippen MR) is 74.7 cm³/mol. The third-order valence-electron chi connectivity index (χ3n) is 3.76. The molecule has 1 saturated heterocycles. The first-order valence-electron chi connectivity index (χ1n) is 6.91. The predicted octanol–water partition coefficient (Wildman–Crippen LogP) is 3.15. The quantitative estimate of drug-likeness (QED) is 0.892. The molecule has 1 aromatic rings. The van der Waals surface area contributed by atoms with Crippen LogP contribution in [0.25, 0.3) is 0 Å². The van der Waals surface area contributed by atoms with Gasteiger partial charge in [0.15, 0.2) is 0 Å². The molecular weight excluding hydrogens is 224 g/mol. The van der Waals surface area contributed by atoms with E-state index in [4.69, 9.17) is 0 Å². The minimum Gasteiger partial charge on any atom is -0.387 e. The molecule has 0 spiro atoms. The monoisotopic (exact) mass is 248 g/mol. The third-order valence-corrected chi connectivity index (χ3v) is 3.76. The van der Waals surface area contributed by atoms with Gasteiger partial charge < -0.3 is 10.0 Å². The van der Waals surface area contributed by atoms with Gasteiger partial charge >= 0.3 is 0 Å². The average molecular weight is 248 g/mol. The van der Waals surface area contributed by atoms with Gasteiger partial charge in [-0.25, -0.2) is 0 Å². The highest BCUT2D eigenvalue weighted by atomic mass is 16.3. The number of nitrogens with zero attached hydrogens (tertiary/aromatic N) is 2. The smallest absolute Gasteiger partial charge is 0.0957 e. The number of pyridine rings is 1. The van der Waals surface area contributed by atoms with E-state index < -0.39 is 6.10 Å². The van der Waals surface area contributed by atoms with E-state index in [1.807, 2.05) is 19.2 Å². The van der Waals surface area contributed by atoms with E-state index in [-0.39, 0.29) is 0 Å². The van der Waals surface area contributed by atoms with Crippen molar-refractivity contribution in [3.05, 3.63) is 24.0 Å². The Morgan fingerprint density at radius 3 is 2.78 bits per heavy atom. The van der Waals surface area contributed by atoms with E-state index in [0.717, 1.165) is 18.8 Å². The van der Waals surface area contributed by atoms with Crippen LogP contribution in [0.15, 0.2) is 18.3 Å². The van der Waals surface area contributed by atoms with Crippen molar-refractivity contribution >= 4 is 5.69 Å². The first-order chi connectivity index (χ1) is 8.52. The molecule has 0 radical (unpaired) electrons. The van der Waals surface area contributed by atoms with Gasteiger partial charge in [-0.15, -0.1) is 0 Å². The fraction of sp³-hybridized carbons (Fsp3) is 0.667. The van der Waals surface area contributed by atoms with Crippen LogP contribution in [0.5, 0.6) is 0 Å². The molecular formula is C15H24N2O. The van der Waals surface area contributed by atoms with Gasteiger partial charge in [-0.1, -0.05) is 20.8 Å². The van der Waals surface area contributed by atoms with E-state index >= 15 is 0 Å². The molecule has 0 saturated carbocycles. The number of hydrogen-bond donors (Lipinski definition) is 1. The van der Waals surface area contributed by atoms with Crippen LogP contribution >= 0.6 is 0 Å². The van der Waals surface area contributed by atoms with Crippen LogP contribution in [-0.2, 0) is 0 Å². The first kappa shape index (κ1) is 13.3. The van der Waals surface area contributed by atoms with Gasteiger partial charge in [0.05, 0.1) is 23.7 Å². The summed E-state index contributed by atoms with van der Waals surface area (Å²) in [7, 11) is 0. The van der Waals surface area contributed by atoms with Crippen LogP contribution in [0.2, 0.25) is 0 Å². The Morgan fingerprint density at radius 2 is 2.22 bits per heavy atom. The maximum Gasteiger partial charge on any atom is 0.0957 e. The molecule has 0 aliphatic carbocycles. The highest BCUT2D eigenvalue weighted by molar-refractivity contribution is 5.45. The molecule has 1 atom stereocenters. The van der Waals surface area contributed by atoms with Crippen molar-refractivity contribution in [3.8, 4) is 0 Å². The molecule has 0 amide bonds. The summed E-state index contributed by atoms with van der Waals surface area (Å²) in [6.07, 6.45) is 4.71. The fourth-order valence-corrected chi connectivity index (χ4v) is 2.63. The largest absolute Gasteiger partial charge is 0.387 e. The highest BCUT2D eigenvalue weighted by Crippen LogP contribution is 2.31. The number of anilines is 1. The van der Waals surface area contributed by atoms with Crippen molar-refractivity contribution in [3.63, 3.8) is 0 Å². The Hall–Kier alpha value is -1.09. The Kier molecular flexibility index (Phi) is 3.91. The van der Waals surface area contributed by atoms with Crippen molar-refractivity contribution in [2.45, 2.75) is 46.1 Å². The van der Waals surface area contributed by atoms with E-state index in [1.165, 1.54) is 18.5 Å². The van der Waals surface area contributed by atoms with Gasteiger partial charge in [0.2, 0.25) is 0 Å². The van der Waals surface area contributed by atoms with Gasteiger partial charge in [-0.05, 0) is 36.8 Å². The Labute approximate surface area is 110 Å². The molecule has 100 valence electrons. The molecule has 1 N–H and O–H groups in total. The maximum absolute atomic E-state index is 9.74. The summed E-state index contributed by atoms with van der Waals surface area (Å²) < 4.78 is 0. The molecule has 0 aromatic carbocycles. The lowest BCUT2D eigenvalue weighted by molar-refractivity contribution is 0.169. The summed E-state index contributed by atoms with van der Waals surface area (Å²) in [5.74, 6) is 0. The molecule has 1 unspecified atom stereocenters. The lowest BCUT2D eigenvalue weighted by Gasteiger charge is -2.39. The first-order valence-corrected chi connectivity index (χ1v) is 6.91. The summed E-state index contributed by atoms with van der Waals surface area (Å²) in [5, 5.41) is 9.74. The molecule has 1 aliphatic rings. The van der Waals surface area contributed by atoms with Crippen LogP contribution in [-0.4, -0.2) is 23.2 Å². The lowest BCUT2D eigenvalue weighted by Crippen LogP contribution is -2.40. The normalized spacial score (nSPS) is 20.8. The number of hydrogen-bond acceptors (Lipinski definition) is 3. The molecule has 2 heterocycles. The van der Waals surface area contributed by atoms with Gasteiger partial charge in [0.25, 0.3) is 0 Å². The minimum absolute atomic E-state index is 0.389. The molecule has 1 fully saturated rings. The average Bonchev–Trinajstić information content (AvgIpc) is 2.37. The van der Waals surface area contributed by atoms with Crippen molar-refractivity contribution in [2.24, 2.45) is 5.41 Å². The topological polar surface area (TPSA) is 36.4 Å². The molecule has 1 aromatic heterocycles. The molecule has 0 bridgehead atoms. The Bertz CT molecular complexity index is 386. The van der Waals surface area contributed by atoms with Crippen molar-refractivity contribution in [2.75, 3.05) is 18.0 Å². The molecule has 2 rings (SSSR count). The summed E-state index contributed by atoms with van der Waals surface area (Å²) >= 11 is 0. The van der Waals surface area contributed by atoms with Gasteiger partial charge in [-0.2, -0.15) is 0 Å². The second-order valence-electron chi connectivity index (χ2n) is 6.05. The van der Waals surface area contributed by atoms with Crippen LogP contribution in [0.1, 0.15) is 51.8 Å². The number of aromatic nitrogens is 1. The van der Waals surface area contributed by atoms with E-state index in [1.54, 1.807) is 0 Å². The Balaban J connectivity index is 2.09. The van der Waals surface area contributed by atoms with Gasteiger partial charge in [-0.3, -0.25) is 4.98 Å². The van der Waals surface area contributed by atoms with E-state index in [9.17, 15) is 5.11 Å². The Morgan fingerprint density at radius 1 is 1.44 bits per heavy atom. The van der Waals surface area contributed by atoms with E-state index in [2.05, 4.69) is 29.8 Å².